The van der Waals surface area contributed by atoms with Crippen molar-refractivity contribution < 1.29 is 23.6 Å². The van der Waals surface area contributed by atoms with Gasteiger partial charge in [-0.1, -0.05) is 23.4 Å². The van der Waals surface area contributed by atoms with Crippen molar-refractivity contribution in [3.05, 3.63) is 65.9 Å². The Labute approximate surface area is 200 Å². The van der Waals surface area contributed by atoms with Crippen LogP contribution in [0.2, 0.25) is 0 Å². The van der Waals surface area contributed by atoms with E-state index in [1.165, 1.54) is 0 Å². The van der Waals surface area contributed by atoms with Crippen LogP contribution in [0.15, 0.2) is 53.3 Å². The second kappa shape index (κ2) is 9.55. The number of nitrogens with zero attached hydrogens (tertiary/aromatic N) is 5. The van der Waals surface area contributed by atoms with E-state index < -0.39 is 0 Å². The number of hydrogen-bond donors (Lipinski definition) is 1. The number of imidazole rings is 1. The first kappa shape index (κ1) is 22.5. The van der Waals surface area contributed by atoms with Gasteiger partial charge in [-0.2, -0.15) is 4.98 Å². The summed E-state index contributed by atoms with van der Waals surface area (Å²) in [5.41, 5.74) is 3.36. The molecule has 0 bridgehead atoms. The van der Waals surface area contributed by atoms with Crippen LogP contribution >= 0.6 is 0 Å². The number of likely N-dealkylation sites (tertiary alicyclic amines) is 1. The fourth-order valence-corrected chi connectivity index (χ4v) is 3.79. The predicted molar refractivity (Wildman–Crippen MR) is 125 cm³/mol. The predicted octanol–water partition coefficient (Wildman–Crippen LogP) is 3.13. The molecule has 4 aromatic rings. The highest BCUT2D eigenvalue weighted by molar-refractivity contribution is 6.04. The summed E-state index contributed by atoms with van der Waals surface area (Å²) in [6.45, 7) is 3.37. The Morgan fingerprint density at radius 2 is 2.06 bits per heavy atom. The van der Waals surface area contributed by atoms with Gasteiger partial charge in [0.05, 0.1) is 18.7 Å². The summed E-state index contributed by atoms with van der Waals surface area (Å²) in [4.78, 5) is 35.2. The third-order valence-electron chi connectivity index (χ3n) is 5.84. The minimum absolute atomic E-state index is 0.0500. The maximum atomic E-state index is 12.9. The van der Waals surface area contributed by atoms with Crippen LogP contribution in [-0.2, 0) is 9.47 Å². The summed E-state index contributed by atoms with van der Waals surface area (Å²) >= 11 is 0. The van der Waals surface area contributed by atoms with Crippen molar-refractivity contribution in [3.8, 4) is 11.4 Å². The number of benzene rings is 1. The molecule has 1 saturated heterocycles. The fourth-order valence-electron chi connectivity index (χ4n) is 3.79. The molecule has 1 aromatic carbocycles. The van der Waals surface area contributed by atoms with Crippen LogP contribution in [0, 0.1) is 6.92 Å². The van der Waals surface area contributed by atoms with Gasteiger partial charge in [0.1, 0.15) is 17.9 Å². The van der Waals surface area contributed by atoms with Crippen molar-refractivity contribution in [1.82, 2.24) is 24.4 Å². The molecule has 0 saturated carbocycles. The zero-order valence-electron chi connectivity index (χ0n) is 19.3. The van der Waals surface area contributed by atoms with Crippen LogP contribution in [0.4, 0.5) is 10.5 Å². The first-order valence-electron chi connectivity index (χ1n) is 11.1. The van der Waals surface area contributed by atoms with Gasteiger partial charge >= 0.3 is 6.09 Å². The largest absolute Gasteiger partial charge is 0.447 e. The molecule has 1 aliphatic heterocycles. The minimum atomic E-state index is -0.386. The SMILES string of the molecule is COCCOC(=O)N1CC(c2nc(-c3ccc(C)c(NC(=O)c4cnc5ccccn45)c3)no2)C1. The van der Waals surface area contributed by atoms with Gasteiger partial charge < -0.3 is 24.2 Å². The van der Waals surface area contributed by atoms with Crippen LogP contribution in [0.5, 0.6) is 0 Å². The van der Waals surface area contributed by atoms with Gasteiger partial charge in [-0.05, 0) is 30.7 Å². The minimum Gasteiger partial charge on any atom is -0.447 e. The Morgan fingerprint density at radius 3 is 2.89 bits per heavy atom. The molecule has 0 atom stereocenters. The zero-order chi connectivity index (χ0) is 24.4. The lowest BCUT2D eigenvalue weighted by molar-refractivity contribution is 0.0468. The van der Waals surface area contributed by atoms with Gasteiger partial charge in [-0.3, -0.25) is 9.20 Å². The molecule has 11 heteroatoms. The molecule has 1 N–H and O–H groups in total. The summed E-state index contributed by atoms with van der Waals surface area (Å²) in [7, 11) is 1.55. The van der Waals surface area contributed by atoms with Crippen molar-refractivity contribution in [2.75, 3.05) is 38.7 Å². The molecule has 0 aliphatic carbocycles. The van der Waals surface area contributed by atoms with Crippen molar-refractivity contribution in [1.29, 1.82) is 0 Å². The molecule has 3 aromatic heterocycles. The molecule has 5 rings (SSSR count). The highest BCUT2D eigenvalue weighted by atomic mass is 16.6. The summed E-state index contributed by atoms with van der Waals surface area (Å²) in [6, 6.07) is 11.1. The zero-order valence-corrected chi connectivity index (χ0v) is 19.3. The average Bonchev–Trinajstić information content (AvgIpc) is 3.47. The number of ether oxygens (including phenoxy) is 2. The van der Waals surface area contributed by atoms with Gasteiger partial charge in [0.2, 0.25) is 11.7 Å². The van der Waals surface area contributed by atoms with Crippen molar-refractivity contribution >= 4 is 23.3 Å². The number of anilines is 1. The van der Waals surface area contributed by atoms with E-state index in [2.05, 4.69) is 20.4 Å². The average molecular weight is 476 g/mol. The molecular weight excluding hydrogens is 452 g/mol. The number of aryl methyl sites for hydroxylation is 1. The number of carbonyl (C=O) groups excluding carboxylic acids is 2. The number of nitrogens with one attached hydrogen (secondary N) is 1. The first-order valence-corrected chi connectivity index (χ1v) is 11.1. The molecule has 35 heavy (non-hydrogen) atoms. The number of pyridine rings is 1. The van der Waals surface area contributed by atoms with E-state index >= 15 is 0 Å². The third kappa shape index (κ3) is 4.58. The van der Waals surface area contributed by atoms with Gasteiger partial charge in [0.15, 0.2) is 0 Å². The monoisotopic (exact) mass is 476 g/mol. The third-order valence-corrected chi connectivity index (χ3v) is 5.84. The lowest BCUT2D eigenvalue weighted by Crippen LogP contribution is -2.49. The molecule has 0 unspecified atom stereocenters. The van der Waals surface area contributed by atoms with E-state index in [9.17, 15) is 9.59 Å². The molecular formula is C24H24N6O5. The van der Waals surface area contributed by atoms with Crippen molar-refractivity contribution in [3.63, 3.8) is 0 Å². The molecule has 1 aliphatic rings. The van der Waals surface area contributed by atoms with E-state index in [1.54, 1.807) is 28.8 Å². The standard InChI is InChI=1S/C24H24N6O5/c1-15-6-7-16(11-18(15)26-22(31)19-12-25-20-5-3-4-8-30(19)20)21-27-23(35-28-21)17-13-29(14-17)24(32)34-10-9-33-2/h3-8,11-12,17H,9-10,13-14H2,1-2H3,(H,26,31). The van der Waals surface area contributed by atoms with Gasteiger partial charge in [0, 0.05) is 37.6 Å². The molecule has 11 nitrogen and oxygen atoms in total. The molecule has 4 heterocycles. The lowest BCUT2D eigenvalue weighted by Gasteiger charge is -2.35. The van der Waals surface area contributed by atoms with Crippen molar-refractivity contribution in [2.24, 2.45) is 0 Å². The van der Waals surface area contributed by atoms with Crippen molar-refractivity contribution in [2.45, 2.75) is 12.8 Å². The molecule has 180 valence electrons. The van der Waals surface area contributed by atoms with Crippen LogP contribution in [0.25, 0.3) is 17.0 Å². The number of rotatable bonds is 7. The molecule has 1 fully saturated rings. The highest BCUT2D eigenvalue weighted by Gasteiger charge is 2.36. The number of aromatic nitrogens is 4. The highest BCUT2D eigenvalue weighted by Crippen LogP contribution is 2.29. The molecule has 0 radical (unpaired) electrons. The Kier molecular flexibility index (Phi) is 6.15. The van der Waals surface area contributed by atoms with E-state index in [1.807, 2.05) is 43.3 Å². The Hall–Kier alpha value is -4.25. The van der Waals surface area contributed by atoms with E-state index in [-0.39, 0.29) is 24.5 Å². The normalized spacial score (nSPS) is 13.6. The summed E-state index contributed by atoms with van der Waals surface area (Å²) in [6.07, 6.45) is 2.95. The molecule has 0 spiro atoms. The van der Waals surface area contributed by atoms with Gasteiger partial charge in [-0.25, -0.2) is 9.78 Å². The van der Waals surface area contributed by atoms with Gasteiger partial charge in [-0.15, -0.1) is 0 Å². The quantitative estimate of drug-likeness (QED) is 0.404. The second-order valence-electron chi connectivity index (χ2n) is 8.22. The number of carbonyl (C=O) groups is 2. The van der Waals surface area contributed by atoms with E-state index in [0.29, 0.717) is 54.0 Å². The Balaban J connectivity index is 1.26. The number of amides is 2. The van der Waals surface area contributed by atoms with E-state index in [0.717, 1.165) is 5.56 Å². The van der Waals surface area contributed by atoms with Crippen LogP contribution in [-0.4, -0.2) is 69.8 Å². The summed E-state index contributed by atoms with van der Waals surface area (Å²) in [5, 5.41) is 7.05. The fraction of sp³-hybridized carbons (Fsp3) is 0.292. The maximum absolute atomic E-state index is 12.9. The topological polar surface area (TPSA) is 124 Å². The smallest absolute Gasteiger partial charge is 0.409 e. The first-order chi connectivity index (χ1) is 17.0. The van der Waals surface area contributed by atoms with Gasteiger partial charge in [0.25, 0.3) is 5.91 Å². The Bertz CT molecular complexity index is 1370. The lowest BCUT2D eigenvalue weighted by atomic mass is 10.0. The summed E-state index contributed by atoms with van der Waals surface area (Å²) in [5.74, 6) is 0.542. The van der Waals surface area contributed by atoms with Crippen LogP contribution < -0.4 is 5.32 Å². The maximum Gasteiger partial charge on any atom is 0.409 e. The van der Waals surface area contributed by atoms with Crippen LogP contribution in [0.3, 0.4) is 0 Å². The number of hydrogen-bond acceptors (Lipinski definition) is 8. The Morgan fingerprint density at radius 1 is 1.20 bits per heavy atom. The second-order valence-corrected chi connectivity index (χ2v) is 8.22. The van der Waals surface area contributed by atoms with E-state index in [4.69, 9.17) is 14.0 Å². The molecule has 2 amide bonds. The summed E-state index contributed by atoms with van der Waals surface area (Å²) < 4.78 is 17.2. The number of methoxy groups -OCH3 is 1. The van der Waals surface area contributed by atoms with Crippen LogP contribution in [0.1, 0.15) is 27.9 Å². The number of fused-ring (bicyclic) bond motifs is 1.